The molecule has 0 spiro atoms. The third-order valence-electron chi connectivity index (χ3n) is 1.83. The molecule has 4 heteroatoms. The average Bonchev–Trinajstić information content (AvgIpc) is 2.12. The molecular weight excluding hydrogens is 188 g/mol. The minimum absolute atomic E-state index is 0.178. The Kier molecular flexibility index (Phi) is 1.81. The maximum atomic E-state index is 11.4. The van der Waals surface area contributed by atoms with E-state index in [1.807, 2.05) is 6.92 Å². The van der Waals surface area contributed by atoms with Crippen molar-refractivity contribution in [2.24, 2.45) is 0 Å². The van der Waals surface area contributed by atoms with Gasteiger partial charge in [0.05, 0.1) is 5.39 Å². The number of aryl methyl sites for hydroxylation is 1. The minimum Gasteiger partial charge on any atom is -0.344 e. The minimum atomic E-state index is -0.178. The van der Waals surface area contributed by atoms with Gasteiger partial charge in [-0.15, -0.1) is 0 Å². The van der Waals surface area contributed by atoms with E-state index in [2.05, 4.69) is 9.97 Å². The molecule has 0 aliphatic rings. The van der Waals surface area contributed by atoms with Crippen LogP contribution in [0.2, 0.25) is 5.02 Å². The number of rotatable bonds is 0. The molecular formula is C9H7ClN2O. The molecule has 0 saturated carbocycles. The lowest BCUT2D eigenvalue weighted by atomic mass is 10.2. The summed E-state index contributed by atoms with van der Waals surface area (Å²) in [6.45, 7) is 1.87. The van der Waals surface area contributed by atoms with E-state index in [9.17, 15) is 4.79 Å². The number of halogens is 1. The van der Waals surface area contributed by atoms with Gasteiger partial charge in [-0.25, -0.2) is 4.98 Å². The molecule has 0 aromatic carbocycles. The van der Waals surface area contributed by atoms with Crippen molar-refractivity contribution in [2.45, 2.75) is 6.92 Å². The number of hydrogen-bond donors (Lipinski definition) is 1. The number of nitrogens with one attached hydrogen (secondary N) is 1. The highest BCUT2D eigenvalue weighted by atomic mass is 35.5. The Morgan fingerprint density at radius 2 is 2.23 bits per heavy atom. The van der Waals surface area contributed by atoms with E-state index in [0.29, 0.717) is 11.0 Å². The van der Waals surface area contributed by atoms with Crippen molar-refractivity contribution < 1.29 is 0 Å². The normalized spacial score (nSPS) is 10.6. The third kappa shape index (κ3) is 1.31. The highest BCUT2D eigenvalue weighted by molar-refractivity contribution is 6.30. The van der Waals surface area contributed by atoms with Crippen LogP contribution in [0.25, 0.3) is 11.0 Å². The summed E-state index contributed by atoms with van der Waals surface area (Å²) in [7, 11) is 0. The second-order valence-corrected chi connectivity index (χ2v) is 3.22. The Labute approximate surface area is 79.4 Å². The highest BCUT2D eigenvalue weighted by Gasteiger charge is 2.02. The van der Waals surface area contributed by atoms with Gasteiger partial charge in [0, 0.05) is 11.9 Å². The topological polar surface area (TPSA) is 45.8 Å². The van der Waals surface area contributed by atoms with E-state index >= 15 is 0 Å². The lowest BCUT2D eigenvalue weighted by Crippen LogP contribution is -2.04. The zero-order chi connectivity index (χ0) is 9.42. The fourth-order valence-electron chi connectivity index (χ4n) is 1.18. The number of fused-ring (bicyclic) bond motifs is 1. The molecule has 3 nitrogen and oxygen atoms in total. The third-order valence-corrected chi connectivity index (χ3v) is 2.11. The predicted molar refractivity (Wildman–Crippen MR) is 52.1 cm³/mol. The summed E-state index contributed by atoms with van der Waals surface area (Å²) in [5.41, 5.74) is 1.27. The Morgan fingerprint density at radius 1 is 1.46 bits per heavy atom. The smallest absolute Gasteiger partial charge is 0.209 e. The van der Waals surface area contributed by atoms with Crippen molar-refractivity contribution in [3.8, 4) is 0 Å². The van der Waals surface area contributed by atoms with E-state index in [4.69, 9.17) is 11.6 Å². The van der Waals surface area contributed by atoms with Crippen LogP contribution in [0.3, 0.4) is 0 Å². The van der Waals surface area contributed by atoms with Crippen LogP contribution >= 0.6 is 11.6 Å². The summed E-state index contributed by atoms with van der Waals surface area (Å²) in [6, 6.07) is 3.51. The first-order valence-corrected chi connectivity index (χ1v) is 4.21. The van der Waals surface area contributed by atoms with Gasteiger partial charge < -0.3 is 4.98 Å². The van der Waals surface area contributed by atoms with Crippen LogP contribution in [0.1, 0.15) is 5.69 Å². The first-order chi connectivity index (χ1) is 6.18. The van der Waals surface area contributed by atoms with Gasteiger partial charge in [-0.3, -0.25) is 4.79 Å². The molecule has 0 bridgehead atoms. The number of H-pyrrole nitrogens is 1. The van der Waals surface area contributed by atoms with Gasteiger partial charge in [0.25, 0.3) is 0 Å². The van der Waals surface area contributed by atoms with Gasteiger partial charge in [-0.2, -0.15) is 0 Å². The Hall–Kier alpha value is -1.35. The van der Waals surface area contributed by atoms with Gasteiger partial charge in [0.15, 0.2) is 0 Å². The molecule has 0 aliphatic heterocycles. The fraction of sp³-hybridized carbons (Fsp3) is 0.111. The molecule has 0 fully saturated rings. The number of hydrogen-bond acceptors (Lipinski definition) is 2. The number of nitrogens with zero attached hydrogens (tertiary/aromatic N) is 1. The van der Waals surface area contributed by atoms with E-state index < -0.39 is 0 Å². The summed E-state index contributed by atoms with van der Waals surface area (Å²) in [6.07, 6.45) is 1.46. The Bertz CT molecular complexity index is 518. The maximum absolute atomic E-state index is 11.4. The molecule has 2 aromatic rings. The monoisotopic (exact) mass is 194 g/mol. The van der Waals surface area contributed by atoms with Crippen LogP contribution in [0.15, 0.2) is 23.1 Å². The summed E-state index contributed by atoms with van der Waals surface area (Å²) in [5, 5.41) is 0.719. The molecule has 0 atom stereocenters. The van der Waals surface area contributed by atoms with E-state index in [1.165, 1.54) is 6.20 Å². The quantitative estimate of drug-likeness (QED) is 0.696. The highest BCUT2D eigenvalue weighted by Crippen LogP contribution is 2.08. The number of aromatic nitrogens is 2. The second kappa shape index (κ2) is 2.85. The molecule has 0 saturated heterocycles. The standard InChI is InChI=1S/C9H7ClN2O/c1-5-2-3-6-8(13)7(10)4-11-9(6)12-5/h2-4H,1H3,(H,11,12,13). The maximum Gasteiger partial charge on any atom is 0.209 e. The average molecular weight is 195 g/mol. The van der Waals surface area contributed by atoms with Crippen LogP contribution in [0, 0.1) is 6.92 Å². The molecule has 1 N–H and O–H groups in total. The molecule has 2 heterocycles. The first-order valence-electron chi connectivity index (χ1n) is 3.83. The second-order valence-electron chi connectivity index (χ2n) is 2.81. The SMILES string of the molecule is Cc1ccc2c(=O)c(Cl)c[nH]c2n1. The molecule has 2 rings (SSSR count). The first kappa shape index (κ1) is 8.26. The van der Waals surface area contributed by atoms with Crippen molar-refractivity contribution >= 4 is 22.6 Å². The van der Waals surface area contributed by atoms with E-state index in [-0.39, 0.29) is 10.5 Å². The van der Waals surface area contributed by atoms with Crippen LogP contribution in [-0.2, 0) is 0 Å². The molecule has 0 aliphatic carbocycles. The Balaban J connectivity index is 2.95. The molecule has 0 unspecified atom stereocenters. The Morgan fingerprint density at radius 3 is 3.00 bits per heavy atom. The number of pyridine rings is 2. The van der Waals surface area contributed by atoms with Gasteiger partial charge in [0.2, 0.25) is 5.43 Å². The predicted octanol–water partition coefficient (Wildman–Crippen LogP) is 1.88. The van der Waals surface area contributed by atoms with Crippen molar-refractivity contribution in [1.82, 2.24) is 9.97 Å². The van der Waals surface area contributed by atoms with Crippen molar-refractivity contribution in [2.75, 3.05) is 0 Å². The molecule has 13 heavy (non-hydrogen) atoms. The van der Waals surface area contributed by atoms with Crippen LogP contribution in [0.5, 0.6) is 0 Å². The molecule has 0 radical (unpaired) electrons. The zero-order valence-corrected chi connectivity index (χ0v) is 7.72. The van der Waals surface area contributed by atoms with Gasteiger partial charge in [-0.05, 0) is 19.1 Å². The lowest BCUT2D eigenvalue weighted by Gasteiger charge is -1.97. The molecule has 66 valence electrons. The fourth-order valence-corrected chi connectivity index (χ4v) is 1.33. The van der Waals surface area contributed by atoms with Crippen LogP contribution in [0.4, 0.5) is 0 Å². The van der Waals surface area contributed by atoms with Gasteiger partial charge in [-0.1, -0.05) is 11.6 Å². The van der Waals surface area contributed by atoms with E-state index in [0.717, 1.165) is 5.69 Å². The van der Waals surface area contributed by atoms with Crippen molar-refractivity contribution in [3.63, 3.8) is 0 Å². The van der Waals surface area contributed by atoms with Crippen LogP contribution in [-0.4, -0.2) is 9.97 Å². The largest absolute Gasteiger partial charge is 0.344 e. The van der Waals surface area contributed by atoms with Crippen molar-refractivity contribution in [3.05, 3.63) is 39.3 Å². The lowest BCUT2D eigenvalue weighted by molar-refractivity contribution is 1.20. The summed E-state index contributed by atoms with van der Waals surface area (Å²) >= 11 is 5.66. The molecule has 0 amide bonds. The van der Waals surface area contributed by atoms with Crippen molar-refractivity contribution in [1.29, 1.82) is 0 Å². The molecule has 2 aromatic heterocycles. The zero-order valence-electron chi connectivity index (χ0n) is 6.97. The van der Waals surface area contributed by atoms with Crippen LogP contribution < -0.4 is 5.43 Å². The summed E-state index contributed by atoms with van der Waals surface area (Å²) < 4.78 is 0. The van der Waals surface area contributed by atoms with E-state index in [1.54, 1.807) is 12.1 Å². The number of aromatic amines is 1. The van der Waals surface area contributed by atoms with Gasteiger partial charge in [0.1, 0.15) is 10.7 Å². The summed E-state index contributed by atoms with van der Waals surface area (Å²) in [5.74, 6) is 0. The summed E-state index contributed by atoms with van der Waals surface area (Å²) in [4.78, 5) is 18.5. The van der Waals surface area contributed by atoms with Gasteiger partial charge >= 0.3 is 0 Å².